The van der Waals surface area contributed by atoms with E-state index in [-0.39, 0.29) is 6.42 Å². The van der Waals surface area contributed by atoms with Gasteiger partial charge in [0.1, 0.15) is 0 Å². The number of benzene rings is 1. The Labute approximate surface area is 93.1 Å². The molecular formula is C12H14N2O2. The van der Waals surface area contributed by atoms with Crippen LogP contribution in [0.1, 0.15) is 11.3 Å². The molecule has 0 fully saturated rings. The average molecular weight is 218 g/mol. The number of hydrogen-bond acceptors (Lipinski definition) is 2. The van der Waals surface area contributed by atoms with Gasteiger partial charge in [-0.15, -0.1) is 0 Å². The van der Waals surface area contributed by atoms with Crippen molar-refractivity contribution in [3.63, 3.8) is 0 Å². The molecule has 4 heteroatoms. The number of nitrogens with one attached hydrogen (secondary N) is 1. The smallest absolute Gasteiger partial charge is 0.309 e. The third kappa shape index (κ3) is 1.92. The largest absolute Gasteiger partial charge is 0.481 e. The van der Waals surface area contributed by atoms with Gasteiger partial charge in [0.25, 0.3) is 0 Å². The number of carbonyl (C=O) groups is 1. The molecular weight excluding hydrogens is 204 g/mol. The molecule has 0 amide bonds. The number of aromatic amines is 1. The Hall–Kier alpha value is -1.81. The van der Waals surface area contributed by atoms with Crippen LogP contribution >= 0.6 is 0 Å². The Balaban J connectivity index is 2.53. The van der Waals surface area contributed by atoms with Gasteiger partial charge < -0.3 is 15.8 Å². The van der Waals surface area contributed by atoms with Crippen molar-refractivity contribution < 1.29 is 9.90 Å². The second kappa shape index (κ2) is 4.37. The van der Waals surface area contributed by atoms with E-state index in [2.05, 4.69) is 4.98 Å². The second-order valence-electron chi connectivity index (χ2n) is 3.74. The minimum Gasteiger partial charge on any atom is -0.481 e. The molecule has 2 rings (SSSR count). The highest BCUT2D eigenvalue weighted by atomic mass is 16.4. The second-order valence-corrected chi connectivity index (χ2v) is 3.74. The Morgan fingerprint density at radius 2 is 2.12 bits per heavy atom. The fraction of sp³-hybridized carbons (Fsp3) is 0.250. The lowest BCUT2D eigenvalue weighted by Crippen LogP contribution is -2.07. The van der Waals surface area contributed by atoms with Crippen molar-refractivity contribution in [2.45, 2.75) is 12.8 Å². The van der Waals surface area contributed by atoms with Crippen molar-refractivity contribution in [3.8, 4) is 0 Å². The summed E-state index contributed by atoms with van der Waals surface area (Å²) in [6, 6.07) is 7.80. The molecule has 0 spiro atoms. The fourth-order valence-corrected chi connectivity index (χ4v) is 1.99. The number of carboxylic acids is 1. The summed E-state index contributed by atoms with van der Waals surface area (Å²) in [6.07, 6.45) is 0.719. The van der Waals surface area contributed by atoms with E-state index < -0.39 is 5.97 Å². The summed E-state index contributed by atoms with van der Waals surface area (Å²) in [4.78, 5) is 13.9. The summed E-state index contributed by atoms with van der Waals surface area (Å²) in [5.74, 6) is -0.829. The monoisotopic (exact) mass is 218 g/mol. The van der Waals surface area contributed by atoms with Gasteiger partial charge in [-0.2, -0.15) is 0 Å². The first-order chi connectivity index (χ1) is 7.72. The fourth-order valence-electron chi connectivity index (χ4n) is 1.99. The minimum absolute atomic E-state index is 0.0179. The van der Waals surface area contributed by atoms with Gasteiger partial charge in [-0.25, -0.2) is 0 Å². The molecule has 84 valence electrons. The number of hydrogen-bond donors (Lipinski definition) is 3. The number of rotatable bonds is 4. The average Bonchev–Trinajstić information content (AvgIpc) is 2.57. The van der Waals surface area contributed by atoms with Crippen LogP contribution in [0.25, 0.3) is 10.9 Å². The Morgan fingerprint density at radius 3 is 2.81 bits per heavy atom. The maximum atomic E-state index is 10.8. The van der Waals surface area contributed by atoms with Crippen LogP contribution in [0.15, 0.2) is 24.3 Å². The molecule has 0 atom stereocenters. The Kier molecular flexibility index (Phi) is 2.92. The lowest BCUT2D eigenvalue weighted by Gasteiger charge is -2.00. The molecule has 0 saturated carbocycles. The van der Waals surface area contributed by atoms with Crippen LogP contribution in [0, 0.1) is 0 Å². The van der Waals surface area contributed by atoms with Crippen LogP contribution in [-0.2, 0) is 17.6 Å². The number of para-hydroxylation sites is 1. The summed E-state index contributed by atoms with van der Waals surface area (Å²) in [6.45, 7) is 0.522. The van der Waals surface area contributed by atoms with Crippen LogP contribution in [0.4, 0.5) is 0 Å². The summed E-state index contributed by atoms with van der Waals surface area (Å²) in [5.41, 5.74) is 8.31. The summed E-state index contributed by atoms with van der Waals surface area (Å²) in [7, 11) is 0. The highest BCUT2D eigenvalue weighted by Crippen LogP contribution is 2.23. The molecule has 1 aromatic carbocycles. The molecule has 0 aliphatic heterocycles. The summed E-state index contributed by atoms with van der Waals surface area (Å²) >= 11 is 0. The van der Waals surface area contributed by atoms with Crippen molar-refractivity contribution >= 4 is 16.9 Å². The number of aromatic nitrogens is 1. The van der Waals surface area contributed by atoms with Gasteiger partial charge in [0.2, 0.25) is 0 Å². The van der Waals surface area contributed by atoms with Crippen molar-refractivity contribution in [1.82, 2.24) is 4.98 Å². The first-order valence-electron chi connectivity index (χ1n) is 5.22. The van der Waals surface area contributed by atoms with Gasteiger partial charge in [-0.05, 0) is 24.6 Å². The lowest BCUT2D eigenvalue weighted by molar-refractivity contribution is -0.136. The van der Waals surface area contributed by atoms with E-state index in [1.54, 1.807) is 0 Å². The molecule has 0 saturated heterocycles. The zero-order chi connectivity index (χ0) is 11.5. The zero-order valence-corrected chi connectivity index (χ0v) is 8.86. The lowest BCUT2D eigenvalue weighted by atomic mass is 10.1. The van der Waals surface area contributed by atoms with E-state index in [0.717, 1.165) is 22.2 Å². The van der Waals surface area contributed by atoms with E-state index in [0.29, 0.717) is 13.0 Å². The van der Waals surface area contributed by atoms with E-state index in [4.69, 9.17) is 10.8 Å². The summed E-state index contributed by atoms with van der Waals surface area (Å²) < 4.78 is 0. The first-order valence-corrected chi connectivity index (χ1v) is 5.22. The molecule has 0 unspecified atom stereocenters. The number of aliphatic carboxylic acids is 1. The normalized spacial score (nSPS) is 10.8. The van der Waals surface area contributed by atoms with Gasteiger partial charge in [0.15, 0.2) is 0 Å². The van der Waals surface area contributed by atoms with Crippen molar-refractivity contribution in [2.75, 3.05) is 6.54 Å². The third-order valence-electron chi connectivity index (χ3n) is 2.62. The van der Waals surface area contributed by atoms with E-state index >= 15 is 0 Å². The number of carboxylic acid groups (broad SMARTS) is 1. The quantitative estimate of drug-likeness (QED) is 0.723. The minimum atomic E-state index is -0.829. The van der Waals surface area contributed by atoms with Gasteiger partial charge in [-0.1, -0.05) is 18.2 Å². The highest BCUT2D eigenvalue weighted by molar-refractivity contribution is 5.86. The predicted molar refractivity (Wildman–Crippen MR) is 62.4 cm³/mol. The first kappa shape index (κ1) is 10.7. The zero-order valence-electron chi connectivity index (χ0n) is 8.86. The molecule has 2 aromatic rings. The van der Waals surface area contributed by atoms with Crippen molar-refractivity contribution in [3.05, 3.63) is 35.5 Å². The predicted octanol–water partition coefficient (Wildman–Crippen LogP) is 1.30. The van der Waals surface area contributed by atoms with Gasteiger partial charge in [0.05, 0.1) is 6.42 Å². The highest BCUT2D eigenvalue weighted by Gasteiger charge is 2.12. The number of fused-ring (bicyclic) bond motifs is 1. The van der Waals surface area contributed by atoms with Crippen LogP contribution in [0.3, 0.4) is 0 Å². The maximum Gasteiger partial charge on any atom is 0.309 e. The standard InChI is InChI=1S/C12H14N2O2/c13-6-5-9-8-3-1-2-4-10(8)14-11(9)7-12(15)16/h1-4,14H,5-7,13H2,(H,15,16). The molecule has 16 heavy (non-hydrogen) atoms. The summed E-state index contributed by atoms with van der Waals surface area (Å²) in [5, 5.41) is 9.91. The van der Waals surface area contributed by atoms with E-state index in [1.807, 2.05) is 24.3 Å². The Morgan fingerprint density at radius 1 is 1.38 bits per heavy atom. The number of H-pyrrole nitrogens is 1. The van der Waals surface area contributed by atoms with Crippen LogP contribution in [-0.4, -0.2) is 22.6 Å². The molecule has 0 aliphatic carbocycles. The van der Waals surface area contributed by atoms with Crippen molar-refractivity contribution in [2.24, 2.45) is 5.73 Å². The topological polar surface area (TPSA) is 79.1 Å². The van der Waals surface area contributed by atoms with Crippen LogP contribution in [0.2, 0.25) is 0 Å². The van der Waals surface area contributed by atoms with E-state index in [1.165, 1.54) is 0 Å². The molecule has 4 N–H and O–H groups in total. The van der Waals surface area contributed by atoms with Crippen LogP contribution in [0.5, 0.6) is 0 Å². The molecule has 0 bridgehead atoms. The molecule has 1 heterocycles. The van der Waals surface area contributed by atoms with Gasteiger partial charge in [-0.3, -0.25) is 4.79 Å². The SMILES string of the molecule is NCCc1c(CC(=O)O)[nH]c2ccccc12. The molecule has 1 aromatic heterocycles. The molecule has 0 radical (unpaired) electrons. The molecule has 4 nitrogen and oxygen atoms in total. The molecule has 0 aliphatic rings. The van der Waals surface area contributed by atoms with Crippen molar-refractivity contribution in [1.29, 1.82) is 0 Å². The van der Waals surface area contributed by atoms with Gasteiger partial charge >= 0.3 is 5.97 Å². The third-order valence-corrected chi connectivity index (χ3v) is 2.62. The number of nitrogens with two attached hydrogens (primary N) is 1. The van der Waals surface area contributed by atoms with Crippen LogP contribution < -0.4 is 5.73 Å². The Bertz CT molecular complexity index is 517. The maximum absolute atomic E-state index is 10.8. The van der Waals surface area contributed by atoms with E-state index in [9.17, 15) is 4.79 Å². The van der Waals surface area contributed by atoms with Gasteiger partial charge in [0, 0.05) is 16.6 Å².